The molecule has 1 aliphatic heterocycles. The predicted octanol–water partition coefficient (Wildman–Crippen LogP) is 4.81. The Labute approximate surface area is 181 Å². The molecule has 158 valence electrons. The lowest BCUT2D eigenvalue weighted by Gasteiger charge is -2.34. The molecule has 1 unspecified atom stereocenters. The van der Waals surface area contributed by atoms with Gasteiger partial charge < -0.3 is 0 Å². The van der Waals surface area contributed by atoms with Gasteiger partial charge in [-0.05, 0) is 62.1 Å². The van der Waals surface area contributed by atoms with Crippen molar-refractivity contribution in [2.24, 2.45) is 0 Å². The third-order valence-electron chi connectivity index (χ3n) is 5.61. The van der Waals surface area contributed by atoms with Crippen LogP contribution in [0, 0.1) is 6.92 Å². The Bertz CT molecular complexity index is 1170. The summed E-state index contributed by atoms with van der Waals surface area (Å²) in [5.74, 6) is -0.305. The molecule has 1 fully saturated rings. The highest BCUT2D eigenvalue weighted by Gasteiger charge is 2.32. The molecule has 0 aliphatic carbocycles. The molecule has 1 saturated heterocycles. The molecule has 8 heteroatoms. The summed E-state index contributed by atoms with van der Waals surface area (Å²) in [5, 5.41) is 3.35. The maximum Gasteiger partial charge on any atom is 0.257 e. The van der Waals surface area contributed by atoms with Crippen LogP contribution in [0.2, 0.25) is 0 Å². The average Bonchev–Trinajstić information content (AvgIpc) is 3.17. The van der Waals surface area contributed by atoms with Crippen LogP contribution in [-0.4, -0.2) is 36.2 Å². The van der Waals surface area contributed by atoms with Gasteiger partial charge in [0.1, 0.15) is 0 Å². The number of nitrogens with zero attached hydrogens (tertiary/aromatic N) is 2. The van der Waals surface area contributed by atoms with Crippen LogP contribution in [0.25, 0.3) is 10.2 Å². The molecule has 0 spiro atoms. The first kappa shape index (κ1) is 21.0. The number of piperidine rings is 1. The number of hydrogen-bond donors (Lipinski definition) is 1. The number of thiazole rings is 1. The number of aromatic nitrogens is 1. The van der Waals surface area contributed by atoms with Crippen LogP contribution in [0.1, 0.15) is 48.5 Å². The number of amides is 1. The summed E-state index contributed by atoms with van der Waals surface area (Å²) < 4.78 is 28.8. The molecule has 0 bridgehead atoms. The fraction of sp³-hybridized carbons (Fsp3) is 0.364. The summed E-state index contributed by atoms with van der Waals surface area (Å²) in [6, 6.07) is 12.1. The van der Waals surface area contributed by atoms with E-state index in [4.69, 9.17) is 0 Å². The Morgan fingerprint density at radius 1 is 1.20 bits per heavy atom. The van der Waals surface area contributed by atoms with Gasteiger partial charge in [-0.15, -0.1) is 0 Å². The molecule has 1 aromatic heterocycles. The lowest BCUT2D eigenvalue weighted by Crippen LogP contribution is -2.43. The largest absolute Gasteiger partial charge is 0.298 e. The van der Waals surface area contributed by atoms with Crippen LogP contribution in [0.5, 0.6) is 0 Å². The maximum atomic E-state index is 13.1. The SMILES string of the molecule is CCC1CCCCN1S(=O)(=O)c1ccc(C(=O)Nc2nc3c(C)cccc3s2)cc1. The second-order valence-corrected chi connectivity index (χ2v) is 10.5. The lowest BCUT2D eigenvalue weighted by molar-refractivity contribution is 0.102. The van der Waals surface area contributed by atoms with Gasteiger partial charge in [0.05, 0.1) is 15.1 Å². The fourth-order valence-electron chi connectivity index (χ4n) is 3.92. The number of aryl methyl sites for hydroxylation is 1. The van der Waals surface area contributed by atoms with Crippen LogP contribution in [0.3, 0.4) is 0 Å². The summed E-state index contributed by atoms with van der Waals surface area (Å²) in [7, 11) is -3.56. The minimum Gasteiger partial charge on any atom is -0.298 e. The van der Waals surface area contributed by atoms with E-state index in [0.717, 1.165) is 41.5 Å². The van der Waals surface area contributed by atoms with Crippen molar-refractivity contribution in [3.63, 3.8) is 0 Å². The third-order valence-corrected chi connectivity index (χ3v) is 8.51. The van der Waals surface area contributed by atoms with Crippen LogP contribution in [-0.2, 0) is 10.0 Å². The maximum absolute atomic E-state index is 13.1. The van der Waals surface area contributed by atoms with E-state index in [-0.39, 0.29) is 16.8 Å². The number of hydrogen-bond acceptors (Lipinski definition) is 5. The summed E-state index contributed by atoms with van der Waals surface area (Å²) in [6.45, 7) is 4.56. The summed E-state index contributed by atoms with van der Waals surface area (Å²) in [4.78, 5) is 17.4. The molecule has 1 N–H and O–H groups in total. The Kier molecular flexibility index (Phi) is 5.90. The van der Waals surface area contributed by atoms with Gasteiger partial charge in [-0.1, -0.05) is 36.8 Å². The first-order chi connectivity index (χ1) is 14.4. The molecule has 1 atom stereocenters. The van der Waals surface area contributed by atoms with Crippen molar-refractivity contribution in [2.45, 2.75) is 50.5 Å². The zero-order valence-electron chi connectivity index (χ0n) is 17.1. The highest BCUT2D eigenvalue weighted by Crippen LogP contribution is 2.29. The number of anilines is 1. The number of rotatable bonds is 5. The van der Waals surface area contributed by atoms with Crippen molar-refractivity contribution in [1.82, 2.24) is 9.29 Å². The number of sulfonamides is 1. The normalized spacial score (nSPS) is 17.9. The van der Waals surface area contributed by atoms with Crippen molar-refractivity contribution >= 4 is 42.6 Å². The number of para-hydroxylation sites is 1. The minimum atomic E-state index is -3.56. The Morgan fingerprint density at radius 2 is 1.97 bits per heavy atom. The van der Waals surface area contributed by atoms with Crippen LogP contribution in [0.15, 0.2) is 47.4 Å². The highest BCUT2D eigenvalue weighted by molar-refractivity contribution is 7.89. The number of carbonyl (C=O) groups excluding carboxylic acids is 1. The number of nitrogens with one attached hydrogen (secondary N) is 1. The van der Waals surface area contributed by atoms with E-state index in [9.17, 15) is 13.2 Å². The van der Waals surface area contributed by atoms with Gasteiger partial charge in [0.15, 0.2) is 5.13 Å². The van der Waals surface area contributed by atoms with E-state index in [2.05, 4.69) is 10.3 Å². The first-order valence-corrected chi connectivity index (χ1v) is 12.4. The summed E-state index contributed by atoms with van der Waals surface area (Å²) >= 11 is 1.42. The molecule has 6 nitrogen and oxygen atoms in total. The molecule has 1 amide bonds. The fourth-order valence-corrected chi connectivity index (χ4v) is 6.63. The summed E-state index contributed by atoms with van der Waals surface area (Å²) in [5.41, 5.74) is 2.34. The molecule has 1 aliphatic rings. The second kappa shape index (κ2) is 8.45. The van der Waals surface area contributed by atoms with E-state index < -0.39 is 10.0 Å². The molecule has 4 rings (SSSR count). The van der Waals surface area contributed by atoms with Crippen LogP contribution in [0.4, 0.5) is 5.13 Å². The summed E-state index contributed by atoms with van der Waals surface area (Å²) in [6.07, 6.45) is 3.66. The molecule has 0 saturated carbocycles. The van der Waals surface area contributed by atoms with E-state index in [0.29, 0.717) is 17.2 Å². The van der Waals surface area contributed by atoms with E-state index in [1.807, 2.05) is 32.0 Å². The Hall–Kier alpha value is -2.29. The lowest BCUT2D eigenvalue weighted by atomic mass is 10.0. The van der Waals surface area contributed by atoms with Crippen LogP contribution < -0.4 is 5.32 Å². The molecule has 3 aromatic rings. The predicted molar refractivity (Wildman–Crippen MR) is 121 cm³/mol. The van der Waals surface area contributed by atoms with Crippen molar-refractivity contribution in [1.29, 1.82) is 0 Å². The molecular formula is C22H25N3O3S2. The molecule has 2 aromatic carbocycles. The molecule has 0 radical (unpaired) electrons. The van der Waals surface area contributed by atoms with Gasteiger partial charge in [0, 0.05) is 18.2 Å². The van der Waals surface area contributed by atoms with E-state index in [1.54, 1.807) is 16.4 Å². The smallest absolute Gasteiger partial charge is 0.257 e. The Morgan fingerprint density at radius 3 is 2.67 bits per heavy atom. The Balaban J connectivity index is 1.52. The zero-order chi connectivity index (χ0) is 21.3. The monoisotopic (exact) mass is 443 g/mol. The van der Waals surface area contributed by atoms with Crippen molar-refractivity contribution < 1.29 is 13.2 Å². The van der Waals surface area contributed by atoms with Crippen molar-refractivity contribution in [3.05, 3.63) is 53.6 Å². The van der Waals surface area contributed by atoms with Crippen LogP contribution >= 0.6 is 11.3 Å². The van der Waals surface area contributed by atoms with Crippen molar-refractivity contribution in [3.8, 4) is 0 Å². The highest BCUT2D eigenvalue weighted by atomic mass is 32.2. The standard InChI is InChI=1S/C22H25N3O3S2/c1-3-17-8-4-5-14-25(17)30(27,28)18-12-10-16(11-13-18)21(26)24-22-23-20-15(2)7-6-9-19(20)29-22/h6-7,9-13,17H,3-5,8,14H2,1-2H3,(H,23,24,26). The zero-order valence-corrected chi connectivity index (χ0v) is 18.7. The van der Waals surface area contributed by atoms with Gasteiger partial charge >= 0.3 is 0 Å². The third kappa shape index (κ3) is 3.99. The molecule has 30 heavy (non-hydrogen) atoms. The number of carbonyl (C=O) groups is 1. The number of fused-ring (bicyclic) bond motifs is 1. The van der Waals surface area contributed by atoms with Gasteiger partial charge in [-0.2, -0.15) is 4.31 Å². The van der Waals surface area contributed by atoms with E-state index in [1.165, 1.54) is 23.5 Å². The quantitative estimate of drug-likeness (QED) is 0.614. The first-order valence-electron chi connectivity index (χ1n) is 10.2. The van der Waals surface area contributed by atoms with E-state index >= 15 is 0 Å². The van der Waals surface area contributed by atoms with Gasteiger partial charge in [0.2, 0.25) is 10.0 Å². The van der Waals surface area contributed by atoms with Gasteiger partial charge in [-0.3, -0.25) is 10.1 Å². The average molecular weight is 444 g/mol. The number of benzene rings is 2. The molecular weight excluding hydrogens is 418 g/mol. The van der Waals surface area contributed by atoms with Gasteiger partial charge in [0.25, 0.3) is 5.91 Å². The second-order valence-electron chi connectivity index (χ2n) is 7.59. The topological polar surface area (TPSA) is 79.4 Å². The minimum absolute atomic E-state index is 0.0502. The molecule has 2 heterocycles. The van der Waals surface area contributed by atoms with Crippen molar-refractivity contribution in [2.75, 3.05) is 11.9 Å². The van der Waals surface area contributed by atoms with Gasteiger partial charge in [-0.25, -0.2) is 13.4 Å².